The summed E-state index contributed by atoms with van der Waals surface area (Å²) in [6, 6.07) is 6.99. The number of ether oxygens (including phenoxy) is 1. The summed E-state index contributed by atoms with van der Waals surface area (Å²) in [6.45, 7) is 3.78. The molecule has 1 saturated carbocycles. The van der Waals surface area contributed by atoms with Crippen molar-refractivity contribution in [3.05, 3.63) is 41.1 Å². The van der Waals surface area contributed by atoms with Gasteiger partial charge >= 0.3 is 6.09 Å². The molecule has 9 heteroatoms. The summed E-state index contributed by atoms with van der Waals surface area (Å²) in [7, 11) is 0. The van der Waals surface area contributed by atoms with Gasteiger partial charge in [0, 0.05) is 23.7 Å². The number of anilines is 2. The molecule has 2 aliphatic rings. The van der Waals surface area contributed by atoms with E-state index in [1.807, 2.05) is 19.9 Å². The van der Waals surface area contributed by atoms with E-state index in [1.165, 1.54) is 0 Å². The lowest BCUT2D eigenvalue weighted by atomic mass is 10.0. The third-order valence-electron chi connectivity index (χ3n) is 5.13. The highest BCUT2D eigenvalue weighted by molar-refractivity contribution is 6.24. The SMILES string of the molecule is CC(C)NC(=O)O[C@@H]1CC[C@H](c2cc(Nc3cccc4c3C(=O)NC4=O)n[nH]2)C1. The molecule has 0 spiro atoms. The van der Waals surface area contributed by atoms with Crippen molar-refractivity contribution in [1.82, 2.24) is 20.8 Å². The van der Waals surface area contributed by atoms with Gasteiger partial charge in [0.25, 0.3) is 11.8 Å². The highest BCUT2D eigenvalue weighted by atomic mass is 16.6. The summed E-state index contributed by atoms with van der Waals surface area (Å²) in [6.07, 6.45) is 1.91. The number of carbonyl (C=O) groups is 3. The summed E-state index contributed by atoms with van der Waals surface area (Å²) in [5, 5.41) is 15.4. The lowest BCUT2D eigenvalue weighted by Gasteiger charge is -2.14. The predicted molar refractivity (Wildman–Crippen MR) is 105 cm³/mol. The Labute approximate surface area is 167 Å². The first-order valence-corrected chi connectivity index (χ1v) is 9.69. The van der Waals surface area contributed by atoms with Crippen LogP contribution in [-0.2, 0) is 4.74 Å². The second kappa shape index (κ2) is 7.57. The molecule has 2 heterocycles. The molecule has 0 saturated heterocycles. The molecule has 4 N–H and O–H groups in total. The minimum absolute atomic E-state index is 0.0396. The zero-order valence-corrected chi connectivity index (χ0v) is 16.2. The molecule has 152 valence electrons. The van der Waals surface area contributed by atoms with Gasteiger partial charge in [0.2, 0.25) is 0 Å². The first-order chi connectivity index (χ1) is 13.9. The molecule has 0 unspecified atom stereocenters. The highest BCUT2D eigenvalue weighted by Gasteiger charge is 2.31. The first kappa shape index (κ1) is 19.0. The number of imide groups is 1. The average Bonchev–Trinajstić information content (AvgIpc) is 3.35. The van der Waals surface area contributed by atoms with Crippen LogP contribution in [0.1, 0.15) is 65.4 Å². The Bertz CT molecular complexity index is 968. The maximum absolute atomic E-state index is 12.0. The van der Waals surface area contributed by atoms with Crippen molar-refractivity contribution in [2.75, 3.05) is 5.32 Å². The second-order valence-electron chi connectivity index (χ2n) is 7.68. The van der Waals surface area contributed by atoms with Gasteiger partial charge in [0.15, 0.2) is 5.82 Å². The molecular formula is C20H23N5O4. The van der Waals surface area contributed by atoms with Gasteiger partial charge in [-0.05, 0) is 45.2 Å². The van der Waals surface area contributed by atoms with Crippen LogP contribution in [0.5, 0.6) is 0 Å². The number of nitrogens with one attached hydrogen (secondary N) is 4. The molecule has 1 aliphatic carbocycles. The van der Waals surface area contributed by atoms with E-state index in [0.29, 0.717) is 22.6 Å². The normalized spacial score (nSPS) is 20.5. The Balaban J connectivity index is 1.41. The fourth-order valence-corrected chi connectivity index (χ4v) is 3.82. The maximum Gasteiger partial charge on any atom is 0.407 e. The third kappa shape index (κ3) is 3.94. The largest absolute Gasteiger partial charge is 0.446 e. The quantitative estimate of drug-likeness (QED) is 0.575. The Kier molecular flexibility index (Phi) is 4.96. The summed E-state index contributed by atoms with van der Waals surface area (Å²) >= 11 is 0. The Morgan fingerprint density at radius 3 is 2.86 bits per heavy atom. The molecule has 3 amide bonds. The van der Waals surface area contributed by atoms with Crippen LogP contribution in [0.3, 0.4) is 0 Å². The smallest absolute Gasteiger partial charge is 0.407 e. The van der Waals surface area contributed by atoms with Crippen molar-refractivity contribution in [2.24, 2.45) is 0 Å². The van der Waals surface area contributed by atoms with Crippen LogP contribution >= 0.6 is 0 Å². The number of benzene rings is 1. The maximum atomic E-state index is 12.0. The average molecular weight is 397 g/mol. The van der Waals surface area contributed by atoms with Gasteiger partial charge in [-0.2, -0.15) is 5.10 Å². The van der Waals surface area contributed by atoms with E-state index in [0.717, 1.165) is 25.0 Å². The van der Waals surface area contributed by atoms with Crippen LogP contribution < -0.4 is 16.0 Å². The fourth-order valence-electron chi connectivity index (χ4n) is 3.82. The zero-order chi connectivity index (χ0) is 20.5. The zero-order valence-electron chi connectivity index (χ0n) is 16.2. The number of amides is 3. The molecule has 4 rings (SSSR count). The number of rotatable bonds is 5. The number of aromatic nitrogens is 2. The minimum Gasteiger partial charge on any atom is -0.446 e. The molecule has 2 aromatic rings. The molecule has 9 nitrogen and oxygen atoms in total. The molecular weight excluding hydrogens is 374 g/mol. The summed E-state index contributed by atoms with van der Waals surface area (Å²) in [5.41, 5.74) is 2.15. The van der Waals surface area contributed by atoms with Crippen molar-refractivity contribution in [1.29, 1.82) is 0 Å². The number of carbonyl (C=O) groups excluding carboxylic acids is 3. The molecule has 1 fully saturated rings. The van der Waals surface area contributed by atoms with Crippen molar-refractivity contribution in [2.45, 2.75) is 51.2 Å². The fraction of sp³-hybridized carbons (Fsp3) is 0.400. The van der Waals surface area contributed by atoms with Gasteiger partial charge in [-0.1, -0.05) is 6.07 Å². The third-order valence-corrected chi connectivity index (χ3v) is 5.13. The van der Waals surface area contributed by atoms with Gasteiger partial charge in [0.05, 0.1) is 16.8 Å². The lowest BCUT2D eigenvalue weighted by molar-refractivity contribution is 0.0878. The standard InChI is InChI=1S/C20H23N5O4/c1-10(2)21-20(28)29-12-7-6-11(8-12)15-9-16(25-24-15)22-14-5-3-4-13-17(14)19(27)23-18(13)26/h3-5,9-12H,6-8H2,1-2H3,(H,21,28)(H2,22,24,25)(H,23,26,27)/t11-,12+/m0/s1. The van der Waals surface area contributed by atoms with Crippen molar-refractivity contribution in [3.8, 4) is 0 Å². The molecule has 1 aromatic heterocycles. The molecule has 0 radical (unpaired) electrons. The number of hydrogen-bond acceptors (Lipinski definition) is 6. The monoisotopic (exact) mass is 397 g/mol. The van der Waals surface area contributed by atoms with E-state index in [9.17, 15) is 14.4 Å². The van der Waals surface area contributed by atoms with E-state index in [4.69, 9.17) is 4.74 Å². The Hall–Kier alpha value is -3.36. The summed E-state index contributed by atoms with van der Waals surface area (Å²) < 4.78 is 5.47. The lowest BCUT2D eigenvalue weighted by Crippen LogP contribution is -2.33. The number of aromatic amines is 1. The number of nitrogens with zero attached hydrogens (tertiary/aromatic N) is 1. The Morgan fingerprint density at radius 2 is 2.07 bits per heavy atom. The molecule has 1 aromatic carbocycles. The van der Waals surface area contributed by atoms with Crippen LogP contribution in [-0.4, -0.2) is 40.3 Å². The topological polar surface area (TPSA) is 125 Å². The van der Waals surface area contributed by atoms with Crippen LogP contribution in [0.2, 0.25) is 0 Å². The Morgan fingerprint density at radius 1 is 1.24 bits per heavy atom. The number of alkyl carbamates (subject to hydrolysis) is 1. The van der Waals surface area contributed by atoms with E-state index in [2.05, 4.69) is 26.1 Å². The number of H-pyrrole nitrogens is 1. The molecule has 29 heavy (non-hydrogen) atoms. The van der Waals surface area contributed by atoms with Crippen LogP contribution in [0.25, 0.3) is 0 Å². The van der Waals surface area contributed by atoms with Gasteiger partial charge < -0.3 is 15.4 Å². The van der Waals surface area contributed by atoms with Crippen molar-refractivity contribution >= 4 is 29.4 Å². The van der Waals surface area contributed by atoms with Crippen molar-refractivity contribution in [3.63, 3.8) is 0 Å². The molecule has 1 aliphatic heterocycles. The van der Waals surface area contributed by atoms with Gasteiger partial charge in [-0.15, -0.1) is 0 Å². The van der Waals surface area contributed by atoms with Gasteiger partial charge in [0.1, 0.15) is 6.10 Å². The predicted octanol–water partition coefficient (Wildman–Crippen LogP) is 2.81. The van der Waals surface area contributed by atoms with Crippen molar-refractivity contribution < 1.29 is 19.1 Å². The van der Waals surface area contributed by atoms with E-state index in [1.54, 1.807) is 18.2 Å². The van der Waals surface area contributed by atoms with Crippen LogP contribution in [0.4, 0.5) is 16.3 Å². The minimum atomic E-state index is -0.417. The second-order valence-corrected chi connectivity index (χ2v) is 7.68. The van der Waals surface area contributed by atoms with E-state index in [-0.39, 0.29) is 24.2 Å². The van der Waals surface area contributed by atoms with Gasteiger partial charge in [-0.3, -0.25) is 20.0 Å². The first-order valence-electron chi connectivity index (χ1n) is 9.69. The van der Waals surface area contributed by atoms with Gasteiger partial charge in [-0.25, -0.2) is 4.79 Å². The van der Waals surface area contributed by atoms with Crippen LogP contribution in [0, 0.1) is 0 Å². The van der Waals surface area contributed by atoms with Crippen LogP contribution in [0.15, 0.2) is 24.3 Å². The van der Waals surface area contributed by atoms with E-state index < -0.39 is 11.8 Å². The summed E-state index contributed by atoms with van der Waals surface area (Å²) in [4.78, 5) is 35.6. The highest BCUT2D eigenvalue weighted by Crippen LogP contribution is 2.36. The summed E-state index contributed by atoms with van der Waals surface area (Å²) in [5.74, 6) is -0.0436. The molecule has 0 bridgehead atoms. The number of fused-ring (bicyclic) bond motifs is 1. The number of hydrogen-bond donors (Lipinski definition) is 4. The molecule has 2 atom stereocenters. The van der Waals surface area contributed by atoms with E-state index >= 15 is 0 Å².